The van der Waals surface area contributed by atoms with Crippen LogP contribution in [0.5, 0.6) is 5.75 Å². The van der Waals surface area contributed by atoms with Crippen LogP contribution in [0.4, 0.5) is 14.5 Å². The lowest BCUT2D eigenvalue weighted by Gasteiger charge is -2.25. The summed E-state index contributed by atoms with van der Waals surface area (Å²) in [6.45, 7) is 5.39. The van der Waals surface area contributed by atoms with E-state index in [1.54, 1.807) is 20.8 Å². The van der Waals surface area contributed by atoms with Crippen molar-refractivity contribution in [1.82, 2.24) is 0 Å². The molecular weight excluding hydrogens is 254 g/mol. The zero-order valence-electron chi connectivity index (χ0n) is 11.4. The Morgan fingerprint density at radius 3 is 2.16 bits per heavy atom. The summed E-state index contributed by atoms with van der Waals surface area (Å²) in [5, 5.41) is 2.38. The lowest BCUT2D eigenvalue weighted by atomic mass is 9.87. The lowest BCUT2D eigenvalue weighted by molar-refractivity contribution is -0.119. The van der Waals surface area contributed by atoms with Crippen molar-refractivity contribution in [2.75, 3.05) is 12.4 Å². The normalized spacial score (nSPS) is 13.0. The van der Waals surface area contributed by atoms with Gasteiger partial charge in [0, 0.05) is 17.8 Å². The first kappa shape index (κ1) is 15.4. The maximum atomic E-state index is 13.4. The number of anilines is 1. The fourth-order valence-corrected chi connectivity index (χ4v) is 1.44. The minimum atomic E-state index is -0.887. The van der Waals surface area contributed by atoms with Crippen LogP contribution in [0.1, 0.15) is 20.8 Å². The summed E-state index contributed by atoms with van der Waals surface area (Å²) < 4.78 is 31.4. The standard InChI is InChI=1S/C13H18F2N2O2/c1-13(2,3)11(16)12(18)17-7-5-8(14)10(19-4)9(15)6-7/h5-6,11H,16H2,1-4H3,(H,17,18)/t11-/m1/s1. The molecule has 0 aliphatic heterocycles. The second kappa shape index (κ2) is 5.52. The van der Waals surface area contributed by atoms with Crippen molar-refractivity contribution in [3.8, 4) is 5.75 Å². The Labute approximate surface area is 110 Å². The molecule has 1 atom stereocenters. The Bertz CT molecular complexity index is 461. The molecule has 0 bridgehead atoms. The SMILES string of the molecule is COc1c(F)cc(NC(=O)[C@@H](N)C(C)(C)C)cc1F. The first-order valence-corrected chi connectivity index (χ1v) is 5.76. The molecule has 1 rings (SSSR count). The van der Waals surface area contributed by atoms with Crippen molar-refractivity contribution in [2.24, 2.45) is 11.1 Å². The van der Waals surface area contributed by atoms with Crippen LogP contribution in [0.2, 0.25) is 0 Å². The number of nitrogens with two attached hydrogens (primary N) is 1. The van der Waals surface area contributed by atoms with Gasteiger partial charge in [0.2, 0.25) is 5.91 Å². The predicted octanol–water partition coefficient (Wildman–Crippen LogP) is 2.29. The van der Waals surface area contributed by atoms with E-state index in [4.69, 9.17) is 5.73 Å². The van der Waals surface area contributed by atoms with Gasteiger partial charge in [-0.2, -0.15) is 0 Å². The van der Waals surface area contributed by atoms with Crippen molar-refractivity contribution in [3.05, 3.63) is 23.8 Å². The van der Waals surface area contributed by atoms with Crippen molar-refractivity contribution in [3.63, 3.8) is 0 Å². The van der Waals surface area contributed by atoms with Crippen LogP contribution in [0.25, 0.3) is 0 Å². The van der Waals surface area contributed by atoms with E-state index >= 15 is 0 Å². The molecule has 1 aromatic carbocycles. The number of benzene rings is 1. The van der Waals surface area contributed by atoms with Gasteiger partial charge >= 0.3 is 0 Å². The Morgan fingerprint density at radius 2 is 1.79 bits per heavy atom. The molecule has 0 fully saturated rings. The minimum Gasteiger partial charge on any atom is -0.491 e. The zero-order chi connectivity index (χ0) is 14.8. The van der Waals surface area contributed by atoms with E-state index in [2.05, 4.69) is 10.1 Å². The molecule has 3 N–H and O–H groups in total. The highest BCUT2D eigenvalue weighted by Crippen LogP contribution is 2.26. The Balaban J connectivity index is 2.93. The van der Waals surface area contributed by atoms with E-state index in [1.807, 2.05) is 0 Å². The van der Waals surface area contributed by atoms with E-state index in [-0.39, 0.29) is 5.69 Å². The first-order chi connectivity index (χ1) is 8.66. The molecule has 19 heavy (non-hydrogen) atoms. The van der Waals surface area contributed by atoms with Gasteiger partial charge in [0.1, 0.15) is 0 Å². The highest BCUT2D eigenvalue weighted by molar-refractivity contribution is 5.95. The average Bonchev–Trinajstić information content (AvgIpc) is 2.26. The molecule has 0 aromatic heterocycles. The fourth-order valence-electron chi connectivity index (χ4n) is 1.44. The third kappa shape index (κ3) is 3.64. The van der Waals surface area contributed by atoms with Gasteiger partial charge in [0.15, 0.2) is 17.4 Å². The Kier molecular flexibility index (Phi) is 4.47. The van der Waals surface area contributed by atoms with Gasteiger partial charge in [-0.3, -0.25) is 4.79 Å². The number of methoxy groups -OCH3 is 1. The lowest BCUT2D eigenvalue weighted by Crippen LogP contribution is -2.45. The summed E-state index contributed by atoms with van der Waals surface area (Å²) in [6, 6.07) is 1.17. The number of nitrogens with one attached hydrogen (secondary N) is 1. The number of carbonyl (C=O) groups is 1. The van der Waals surface area contributed by atoms with Crippen LogP contribution < -0.4 is 15.8 Å². The summed E-state index contributed by atoms with van der Waals surface area (Å²) in [5.41, 5.74) is 5.30. The molecule has 1 aromatic rings. The molecule has 0 aliphatic carbocycles. The highest BCUT2D eigenvalue weighted by atomic mass is 19.1. The quantitative estimate of drug-likeness (QED) is 0.887. The van der Waals surface area contributed by atoms with E-state index in [0.29, 0.717) is 0 Å². The fraction of sp³-hybridized carbons (Fsp3) is 0.462. The van der Waals surface area contributed by atoms with E-state index < -0.39 is 34.7 Å². The summed E-state index contributed by atoms with van der Waals surface area (Å²) in [5.74, 6) is -2.76. The molecule has 1 amide bonds. The van der Waals surface area contributed by atoms with Crippen LogP contribution >= 0.6 is 0 Å². The van der Waals surface area contributed by atoms with E-state index in [1.165, 1.54) is 0 Å². The Hall–Kier alpha value is -1.69. The van der Waals surface area contributed by atoms with Crippen LogP contribution in [0, 0.1) is 17.0 Å². The second-order valence-corrected chi connectivity index (χ2v) is 5.31. The van der Waals surface area contributed by atoms with Gasteiger partial charge in [-0.05, 0) is 5.41 Å². The van der Waals surface area contributed by atoms with Gasteiger partial charge < -0.3 is 15.8 Å². The predicted molar refractivity (Wildman–Crippen MR) is 69.0 cm³/mol. The summed E-state index contributed by atoms with van der Waals surface area (Å²) in [7, 11) is 1.16. The molecule has 0 heterocycles. The molecule has 0 spiro atoms. The van der Waals surface area contributed by atoms with Gasteiger partial charge in [0.05, 0.1) is 13.2 Å². The number of ether oxygens (including phenoxy) is 1. The summed E-state index contributed by atoms with van der Waals surface area (Å²) >= 11 is 0. The van der Waals surface area contributed by atoms with Gasteiger partial charge in [-0.1, -0.05) is 20.8 Å². The number of rotatable bonds is 3. The van der Waals surface area contributed by atoms with Crippen molar-refractivity contribution in [2.45, 2.75) is 26.8 Å². The van der Waals surface area contributed by atoms with Gasteiger partial charge in [0.25, 0.3) is 0 Å². The number of hydrogen-bond acceptors (Lipinski definition) is 3. The molecule has 0 radical (unpaired) electrons. The third-order valence-corrected chi connectivity index (χ3v) is 2.69. The van der Waals surface area contributed by atoms with E-state index in [0.717, 1.165) is 19.2 Å². The molecular formula is C13H18F2N2O2. The molecule has 0 unspecified atom stereocenters. The van der Waals surface area contributed by atoms with Crippen molar-refractivity contribution >= 4 is 11.6 Å². The summed E-state index contributed by atoms with van der Waals surface area (Å²) in [6.07, 6.45) is 0. The van der Waals surface area contributed by atoms with Crippen LogP contribution in [-0.2, 0) is 4.79 Å². The monoisotopic (exact) mass is 272 g/mol. The third-order valence-electron chi connectivity index (χ3n) is 2.69. The Morgan fingerprint density at radius 1 is 1.32 bits per heavy atom. The van der Waals surface area contributed by atoms with Gasteiger partial charge in [-0.25, -0.2) is 8.78 Å². The van der Waals surface area contributed by atoms with Gasteiger partial charge in [-0.15, -0.1) is 0 Å². The highest BCUT2D eigenvalue weighted by Gasteiger charge is 2.27. The molecule has 0 saturated carbocycles. The first-order valence-electron chi connectivity index (χ1n) is 5.76. The van der Waals surface area contributed by atoms with Crippen molar-refractivity contribution in [1.29, 1.82) is 0 Å². The second-order valence-electron chi connectivity index (χ2n) is 5.31. The maximum Gasteiger partial charge on any atom is 0.241 e. The van der Waals surface area contributed by atoms with Crippen LogP contribution in [0.3, 0.4) is 0 Å². The smallest absolute Gasteiger partial charge is 0.241 e. The van der Waals surface area contributed by atoms with Crippen LogP contribution in [-0.4, -0.2) is 19.1 Å². The topological polar surface area (TPSA) is 64.3 Å². The number of carbonyl (C=O) groups excluding carboxylic acids is 1. The average molecular weight is 272 g/mol. The molecule has 0 saturated heterocycles. The molecule has 0 aliphatic rings. The molecule has 6 heteroatoms. The number of halogens is 2. The van der Waals surface area contributed by atoms with Crippen LogP contribution in [0.15, 0.2) is 12.1 Å². The molecule has 4 nitrogen and oxygen atoms in total. The minimum absolute atomic E-state index is 0.000463. The largest absolute Gasteiger partial charge is 0.491 e. The number of hydrogen-bond donors (Lipinski definition) is 2. The van der Waals surface area contributed by atoms with Crippen molar-refractivity contribution < 1.29 is 18.3 Å². The zero-order valence-corrected chi connectivity index (χ0v) is 11.4. The van der Waals surface area contributed by atoms with E-state index in [9.17, 15) is 13.6 Å². The maximum absolute atomic E-state index is 13.4. The number of amides is 1. The summed E-state index contributed by atoms with van der Waals surface area (Å²) in [4.78, 5) is 11.8. The molecule has 106 valence electrons.